The number of amides is 3. The Labute approximate surface area is 220 Å². The Bertz CT molecular complexity index is 1230. The third kappa shape index (κ3) is 6.69. The smallest absolute Gasteiger partial charge is 0.313 e. The van der Waals surface area contributed by atoms with E-state index in [1.807, 2.05) is 58.9 Å². The number of nitrogens with zero attached hydrogens (tertiary/aromatic N) is 3. The van der Waals surface area contributed by atoms with Gasteiger partial charge in [0.05, 0.1) is 26.4 Å². The fourth-order valence-corrected chi connectivity index (χ4v) is 3.75. The Hall–Kier alpha value is -2.74. The fraction of sp³-hybridized carbons (Fsp3) is 0.320. The normalized spacial score (nSPS) is 11.5. The highest BCUT2D eigenvalue weighted by Gasteiger charge is 2.25. The Kier molecular flexibility index (Phi) is 8.36. The number of aromatic nitrogens is 2. The van der Waals surface area contributed by atoms with Crippen molar-refractivity contribution in [3.8, 4) is 5.69 Å². The summed E-state index contributed by atoms with van der Waals surface area (Å²) in [6.07, 6.45) is 0. The molecule has 0 aliphatic rings. The van der Waals surface area contributed by atoms with E-state index in [1.54, 1.807) is 28.9 Å². The van der Waals surface area contributed by atoms with Gasteiger partial charge in [0.25, 0.3) is 0 Å². The number of para-hydroxylation sites is 1. The van der Waals surface area contributed by atoms with Crippen LogP contribution in [0.25, 0.3) is 5.69 Å². The molecule has 3 aromatic rings. The maximum absolute atomic E-state index is 13.1. The fourth-order valence-electron chi connectivity index (χ4n) is 3.24. The molecule has 0 atom stereocenters. The van der Waals surface area contributed by atoms with Crippen LogP contribution >= 0.6 is 34.8 Å². The molecule has 35 heavy (non-hydrogen) atoms. The molecule has 3 amide bonds. The molecule has 0 unspecified atom stereocenters. The Balaban J connectivity index is 1.82. The zero-order valence-corrected chi connectivity index (χ0v) is 22.5. The lowest BCUT2D eigenvalue weighted by Crippen LogP contribution is -2.44. The quantitative estimate of drug-likeness (QED) is 0.355. The molecule has 0 aliphatic carbocycles. The Morgan fingerprint density at radius 3 is 2.26 bits per heavy atom. The molecule has 0 saturated carbocycles. The summed E-state index contributed by atoms with van der Waals surface area (Å²) in [7, 11) is 0. The number of halogens is 3. The molecule has 1 heterocycles. The number of benzene rings is 2. The Morgan fingerprint density at radius 2 is 1.66 bits per heavy atom. The molecule has 0 saturated heterocycles. The summed E-state index contributed by atoms with van der Waals surface area (Å²) in [5.74, 6) is 0.0817. The third-order valence-electron chi connectivity index (χ3n) is 5.19. The standard InChI is InChI=1S/C25H28Cl3N5O2/c1-15(2)32(24(35)29-16-10-11-17(26)19(28)12-16)14-23(34)30-22-13-21(25(3,4)5)31-33(22)20-9-7-6-8-18(20)27/h6-13,15H,14H2,1-5H3,(H,29,35)(H,30,34). The largest absolute Gasteiger partial charge is 0.322 e. The Morgan fingerprint density at radius 1 is 0.971 bits per heavy atom. The average molecular weight is 537 g/mol. The van der Waals surface area contributed by atoms with E-state index in [9.17, 15) is 9.59 Å². The second-order valence-corrected chi connectivity index (χ2v) is 10.6. The number of carbonyl (C=O) groups is 2. The topological polar surface area (TPSA) is 79.3 Å². The average Bonchev–Trinajstić information content (AvgIpc) is 3.18. The van der Waals surface area contributed by atoms with Crippen LogP contribution in [0.5, 0.6) is 0 Å². The van der Waals surface area contributed by atoms with E-state index in [0.717, 1.165) is 5.69 Å². The number of hydrogen-bond acceptors (Lipinski definition) is 3. The van der Waals surface area contributed by atoms with Crippen molar-refractivity contribution in [2.24, 2.45) is 0 Å². The van der Waals surface area contributed by atoms with E-state index < -0.39 is 6.03 Å². The second kappa shape index (κ2) is 10.9. The summed E-state index contributed by atoms with van der Waals surface area (Å²) in [6.45, 7) is 9.58. The van der Waals surface area contributed by atoms with Gasteiger partial charge in [0.2, 0.25) is 5.91 Å². The van der Waals surface area contributed by atoms with Gasteiger partial charge in [-0.25, -0.2) is 9.48 Å². The molecule has 2 aromatic carbocycles. The van der Waals surface area contributed by atoms with E-state index in [1.165, 1.54) is 4.90 Å². The second-order valence-electron chi connectivity index (χ2n) is 9.36. The van der Waals surface area contributed by atoms with E-state index >= 15 is 0 Å². The van der Waals surface area contributed by atoms with Crippen LogP contribution in [0.3, 0.4) is 0 Å². The summed E-state index contributed by atoms with van der Waals surface area (Å²) in [4.78, 5) is 27.4. The van der Waals surface area contributed by atoms with Crippen molar-refractivity contribution in [3.63, 3.8) is 0 Å². The first-order valence-electron chi connectivity index (χ1n) is 11.0. The van der Waals surface area contributed by atoms with Crippen molar-refractivity contribution >= 4 is 58.2 Å². The number of anilines is 2. The predicted octanol–water partition coefficient (Wildman–Crippen LogP) is 7.01. The van der Waals surface area contributed by atoms with Crippen molar-refractivity contribution in [2.45, 2.75) is 46.1 Å². The van der Waals surface area contributed by atoms with Gasteiger partial charge in [-0.3, -0.25) is 4.79 Å². The highest BCUT2D eigenvalue weighted by Crippen LogP contribution is 2.29. The van der Waals surface area contributed by atoms with Gasteiger partial charge in [-0.2, -0.15) is 5.10 Å². The van der Waals surface area contributed by atoms with Gasteiger partial charge in [-0.05, 0) is 44.2 Å². The lowest BCUT2D eigenvalue weighted by atomic mass is 9.92. The minimum absolute atomic E-state index is 0.177. The van der Waals surface area contributed by atoms with E-state index in [2.05, 4.69) is 15.7 Å². The molecule has 2 N–H and O–H groups in total. The van der Waals surface area contributed by atoms with Gasteiger partial charge in [0.15, 0.2) is 0 Å². The molecule has 7 nitrogen and oxygen atoms in total. The number of urea groups is 1. The monoisotopic (exact) mass is 535 g/mol. The molecule has 0 aliphatic heterocycles. The third-order valence-corrected chi connectivity index (χ3v) is 6.25. The summed E-state index contributed by atoms with van der Waals surface area (Å²) in [6, 6.07) is 13.2. The summed E-state index contributed by atoms with van der Waals surface area (Å²) >= 11 is 18.4. The minimum atomic E-state index is -0.441. The maximum atomic E-state index is 13.1. The number of carbonyl (C=O) groups excluding carboxylic acids is 2. The van der Waals surface area contributed by atoms with Crippen LogP contribution < -0.4 is 10.6 Å². The maximum Gasteiger partial charge on any atom is 0.322 e. The lowest BCUT2D eigenvalue weighted by Gasteiger charge is -2.26. The van der Waals surface area contributed by atoms with E-state index in [0.29, 0.717) is 32.3 Å². The number of hydrogen-bond donors (Lipinski definition) is 2. The number of rotatable bonds is 6. The lowest BCUT2D eigenvalue weighted by molar-refractivity contribution is -0.117. The first-order valence-corrected chi connectivity index (χ1v) is 12.2. The number of nitrogens with one attached hydrogen (secondary N) is 2. The van der Waals surface area contributed by atoms with Gasteiger partial charge >= 0.3 is 6.03 Å². The van der Waals surface area contributed by atoms with Crippen LogP contribution in [0.2, 0.25) is 15.1 Å². The van der Waals surface area contributed by atoms with Gasteiger partial charge in [-0.15, -0.1) is 0 Å². The zero-order valence-electron chi connectivity index (χ0n) is 20.2. The van der Waals surface area contributed by atoms with Gasteiger partial charge in [0.1, 0.15) is 12.4 Å². The molecular weight excluding hydrogens is 509 g/mol. The van der Waals surface area contributed by atoms with E-state index in [4.69, 9.17) is 34.8 Å². The van der Waals surface area contributed by atoms with Crippen molar-refractivity contribution in [1.29, 1.82) is 0 Å². The van der Waals surface area contributed by atoms with Crippen molar-refractivity contribution in [3.05, 3.63) is 69.3 Å². The van der Waals surface area contributed by atoms with Crippen molar-refractivity contribution < 1.29 is 9.59 Å². The summed E-state index contributed by atoms with van der Waals surface area (Å²) < 4.78 is 1.61. The van der Waals surface area contributed by atoms with Crippen molar-refractivity contribution in [1.82, 2.24) is 14.7 Å². The summed E-state index contributed by atoms with van der Waals surface area (Å²) in [5, 5.41) is 11.5. The molecule has 0 radical (unpaired) electrons. The SMILES string of the molecule is CC(C)N(CC(=O)Nc1cc(C(C)(C)C)nn1-c1ccccc1Cl)C(=O)Nc1ccc(Cl)c(Cl)c1. The molecule has 0 spiro atoms. The molecule has 0 fully saturated rings. The van der Waals surface area contributed by atoms with Crippen LogP contribution in [0, 0.1) is 0 Å². The minimum Gasteiger partial charge on any atom is -0.313 e. The molecule has 10 heteroatoms. The summed E-state index contributed by atoms with van der Waals surface area (Å²) in [5.41, 5.74) is 1.64. The van der Waals surface area contributed by atoms with Crippen LogP contribution in [0.1, 0.15) is 40.3 Å². The van der Waals surface area contributed by atoms with Crippen LogP contribution in [0.15, 0.2) is 48.5 Å². The van der Waals surface area contributed by atoms with Crippen LogP contribution in [-0.2, 0) is 10.2 Å². The molecule has 1 aromatic heterocycles. The van der Waals surface area contributed by atoms with Gasteiger partial charge in [0, 0.05) is 23.2 Å². The highest BCUT2D eigenvalue weighted by atomic mass is 35.5. The zero-order chi connectivity index (χ0) is 25.9. The molecule has 186 valence electrons. The van der Waals surface area contributed by atoms with Crippen molar-refractivity contribution in [2.75, 3.05) is 17.2 Å². The van der Waals surface area contributed by atoms with Crippen LogP contribution in [-0.4, -0.2) is 39.2 Å². The highest BCUT2D eigenvalue weighted by molar-refractivity contribution is 6.42. The first-order chi connectivity index (χ1) is 16.4. The van der Waals surface area contributed by atoms with E-state index in [-0.39, 0.29) is 23.9 Å². The van der Waals surface area contributed by atoms with Gasteiger partial charge in [-0.1, -0.05) is 67.7 Å². The molecule has 0 bridgehead atoms. The molecule has 3 rings (SSSR count). The molecular formula is C25H28Cl3N5O2. The van der Waals surface area contributed by atoms with Crippen LogP contribution in [0.4, 0.5) is 16.3 Å². The first kappa shape index (κ1) is 26.9. The predicted molar refractivity (Wildman–Crippen MR) is 143 cm³/mol. The van der Waals surface area contributed by atoms with Gasteiger partial charge < -0.3 is 15.5 Å².